The van der Waals surface area contributed by atoms with E-state index in [9.17, 15) is 9.18 Å². The predicted octanol–water partition coefficient (Wildman–Crippen LogP) is 1.40. The summed E-state index contributed by atoms with van der Waals surface area (Å²) in [6, 6.07) is 4.87. The Kier molecular flexibility index (Phi) is 6.10. The van der Waals surface area contributed by atoms with E-state index in [2.05, 4.69) is 5.32 Å². The molecule has 0 heterocycles. The highest BCUT2D eigenvalue weighted by molar-refractivity contribution is 5.94. The van der Waals surface area contributed by atoms with Gasteiger partial charge >= 0.3 is 0 Å². The summed E-state index contributed by atoms with van der Waals surface area (Å²) >= 11 is 0. The number of likely N-dealkylation sites (N-methyl/N-ethyl adjacent to an activating group) is 1. The van der Waals surface area contributed by atoms with Crippen molar-refractivity contribution in [3.8, 4) is 0 Å². The molecular weight excluding hydrogens is 257 g/mol. The molecule has 5 heteroatoms. The molecule has 0 bridgehead atoms. The Morgan fingerprint density at radius 2 is 2.05 bits per heavy atom. The van der Waals surface area contributed by atoms with Crippen molar-refractivity contribution in [1.82, 2.24) is 10.2 Å². The number of carbonyl (C=O) groups excluding carboxylic acids is 1. The molecule has 0 fully saturated rings. The van der Waals surface area contributed by atoms with Crippen LogP contribution in [0.2, 0.25) is 0 Å². The third kappa shape index (κ3) is 4.58. The molecule has 112 valence electrons. The van der Waals surface area contributed by atoms with Gasteiger partial charge in [-0.1, -0.05) is 6.07 Å². The number of amides is 1. The third-order valence-corrected chi connectivity index (χ3v) is 3.17. The summed E-state index contributed by atoms with van der Waals surface area (Å²) in [4.78, 5) is 13.8. The molecule has 0 saturated heterocycles. The van der Waals surface area contributed by atoms with E-state index in [1.807, 2.05) is 32.8 Å². The van der Waals surface area contributed by atoms with Crippen molar-refractivity contribution in [3.63, 3.8) is 0 Å². The minimum Gasteiger partial charge on any atom is -0.350 e. The SMILES string of the molecule is CC(C)NC(=O)c1ccc(CC(CN)N(C)C)cc1F. The maximum Gasteiger partial charge on any atom is 0.254 e. The van der Waals surface area contributed by atoms with Gasteiger partial charge in [-0.3, -0.25) is 4.79 Å². The van der Waals surface area contributed by atoms with E-state index < -0.39 is 5.82 Å². The van der Waals surface area contributed by atoms with Gasteiger partial charge in [0.2, 0.25) is 0 Å². The van der Waals surface area contributed by atoms with E-state index in [4.69, 9.17) is 5.73 Å². The lowest BCUT2D eigenvalue weighted by molar-refractivity contribution is 0.0939. The molecule has 1 unspecified atom stereocenters. The van der Waals surface area contributed by atoms with Gasteiger partial charge < -0.3 is 16.0 Å². The first-order valence-corrected chi connectivity index (χ1v) is 6.81. The van der Waals surface area contributed by atoms with Crippen LogP contribution >= 0.6 is 0 Å². The first-order valence-electron chi connectivity index (χ1n) is 6.81. The maximum atomic E-state index is 14.0. The van der Waals surface area contributed by atoms with Gasteiger partial charge in [-0.15, -0.1) is 0 Å². The van der Waals surface area contributed by atoms with E-state index >= 15 is 0 Å². The Bertz CT molecular complexity index is 460. The van der Waals surface area contributed by atoms with Crippen LogP contribution in [0.1, 0.15) is 29.8 Å². The number of rotatable bonds is 6. The summed E-state index contributed by atoms with van der Waals surface area (Å²) in [5.74, 6) is -0.873. The minimum atomic E-state index is -0.491. The molecule has 0 spiro atoms. The molecule has 0 aliphatic heterocycles. The van der Waals surface area contributed by atoms with Crippen LogP contribution in [0.5, 0.6) is 0 Å². The number of halogens is 1. The molecule has 0 aliphatic carbocycles. The van der Waals surface area contributed by atoms with Crippen LogP contribution in [0.3, 0.4) is 0 Å². The number of nitrogens with zero attached hydrogens (tertiary/aromatic N) is 1. The van der Waals surface area contributed by atoms with Gasteiger partial charge in [0.1, 0.15) is 5.82 Å². The monoisotopic (exact) mass is 281 g/mol. The molecular formula is C15H24FN3O. The molecule has 1 aromatic carbocycles. The second kappa shape index (κ2) is 7.36. The Hall–Kier alpha value is -1.46. The Balaban J connectivity index is 2.85. The van der Waals surface area contributed by atoms with E-state index in [1.165, 1.54) is 12.1 Å². The summed E-state index contributed by atoms with van der Waals surface area (Å²) in [6.45, 7) is 4.18. The lowest BCUT2D eigenvalue weighted by Crippen LogP contribution is -2.37. The first-order chi connectivity index (χ1) is 9.35. The van der Waals surface area contributed by atoms with Gasteiger partial charge in [0, 0.05) is 18.6 Å². The molecule has 3 N–H and O–H groups in total. The summed E-state index contributed by atoms with van der Waals surface area (Å²) in [5.41, 5.74) is 6.61. The molecule has 1 atom stereocenters. The van der Waals surface area contributed by atoms with E-state index in [0.717, 1.165) is 5.56 Å². The molecule has 0 aliphatic rings. The topological polar surface area (TPSA) is 58.4 Å². The number of hydrogen-bond donors (Lipinski definition) is 2. The fourth-order valence-electron chi connectivity index (χ4n) is 1.96. The van der Waals surface area contributed by atoms with Crippen LogP contribution in [-0.4, -0.2) is 43.5 Å². The lowest BCUT2D eigenvalue weighted by atomic mass is 10.0. The average molecular weight is 281 g/mol. The second-order valence-electron chi connectivity index (χ2n) is 5.50. The molecule has 4 nitrogen and oxygen atoms in total. The minimum absolute atomic E-state index is 0.0167. The summed E-state index contributed by atoms with van der Waals surface area (Å²) < 4.78 is 14.0. The highest BCUT2D eigenvalue weighted by Gasteiger charge is 2.15. The molecule has 1 amide bonds. The van der Waals surface area contributed by atoms with Gasteiger partial charge in [-0.05, 0) is 52.1 Å². The van der Waals surface area contributed by atoms with Crippen LogP contribution in [0.4, 0.5) is 4.39 Å². The number of benzene rings is 1. The van der Waals surface area contributed by atoms with Crippen molar-refractivity contribution in [2.75, 3.05) is 20.6 Å². The maximum absolute atomic E-state index is 14.0. The molecule has 1 aromatic rings. The number of hydrogen-bond acceptors (Lipinski definition) is 3. The average Bonchev–Trinajstić information content (AvgIpc) is 2.34. The first kappa shape index (κ1) is 16.6. The van der Waals surface area contributed by atoms with Crippen LogP contribution < -0.4 is 11.1 Å². The highest BCUT2D eigenvalue weighted by Crippen LogP contribution is 2.13. The zero-order valence-corrected chi connectivity index (χ0v) is 12.6. The smallest absolute Gasteiger partial charge is 0.254 e. The molecule has 0 radical (unpaired) electrons. The number of nitrogens with one attached hydrogen (secondary N) is 1. The van der Waals surface area contributed by atoms with E-state index in [1.54, 1.807) is 6.07 Å². The Labute approximate surface area is 120 Å². The van der Waals surface area contributed by atoms with Crippen LogP contribution in [0, 0.1) is 5.82 Å². The number of nitrogens with two attached hydrogens (primary N) is 1. The van der Waals surface area contributed by atoms with Gasteiger partial charge in [0.25, 0.3) is 5.91 Å². The van der Waals surface area contributed by atoms with Gasteiger partial charge in [-0.2, -0.15) is 0 Å². The van der Waals surface area contributed by atoms with Gasteiger partial charge in [0.05, 0.1) is 5.56 Å². The van der Waals surface area contributed by atoms with Gasteiger partial charge in [-0.25, -0.2) is 4.39 Å². The third-order valence-electron chi connectivity index (χ3n) is 3.17. The van der Waals surface area contributed by atoms with Crippen molar-refractivity contribution in [2.45, 2.75) is 32.4 Å². The number of carbonyl (C=O) groups is 1. The van der Waals surface area contributed by atoms with E-state index in [-0.39, 0.29) is 23.6 Å². The predicted molar refractivity (Wildman–Crippen MR) is 79.2 cm³/mol. The summed E-state index contributed by atoms with van der Waals surface area (Å²) in [7, 11) is 3.89. The second-order valence-corrected chi connectivity index (χ2v) is 5.50. The van der Waals surface area contributed by atoms with Crippen molar-refractivity contribution < 1.29 is 9.18 Å². The lowest BCUT2D eigenvalue weighted by Gasteiger charge is -2.22. The van der Waals surface area contributed by atoms with Crippen molar-refractivity contribution in [1.29, 1.82) is 0 Å². The quantitative estimate of drug-likeness (QED) is 0.828. The van der Waals surface area contributed by atoms with Crippen LogP contribution in [-0.2, 0) is 6.42 Å². The fourth-order valence-corrected chi connectivity index (χ4v) is 1.96. The van der Waals surface area contributed by atoms with Crippen molar-refractivity contribution in [3.05, 3.63) is 35.1 Å². The summed E-state index contributed by atoms with van der Waals surface area (Å²) in [5, 5.41) is 2.68. The van der Waals surface area contributed by atoms with Crippen molar-refractivity contribution >= 4 is 5.91 Å². The zero-order chi connectivity index (χ0) is 15.3. The van der Waals surface area contributed by atoms with Crippen molar-refractivity contribution in [2.24, 2.45) is 5.73 Å². The largest absolute Gasteiger partial charge is 0.350 e. The molecule has 1 rings (SSSR count). The molecule has 20 heavy (non-hydrogen) atoms. The van der Waals surface area contributed by atoms with Crippen LogP contribution in [0.15, 0.2) is 18.2 Å². The van der Waals surface area contributed by atoms with Crippen LogP contribution in [0.25, 0.3) is 0 Å². The van der Waals surface area contributed by atoms with Gasteiger partial charge in [0.15, 0.2) is 0 Å². The summed E-state index contributed by atoms with van der Waals surface area (Å²) in [6.07, 6.45) is 0.659. The van der Waals surface area contributed by atoms with E-state index in [0.29, 0.717) is 13.0 Å². The molecule has 0 aromatic heterocycles. The standard InChI is InChI=1S/C15H24FN3O/c1-10(2)18-15(20)13-6-5-11(8-14(13)16)7-12(9-17)19(3)4/h5-6,8,10,12H,7,9,17H2,1-4H3,(H,18,20). The fraction of sp³-hybridized carbons (Fsp3) is 0.533. The normalized spacial score (nSPS) is 12.8. The Morgan fingerprint density at radius 3 is 2.50 bits per heavy atom. The highest BCUT2D eigenvalue weighted by atomic mass is 19.1. The molecule has 0 saturated carbocycles. The Morgan fingerprint density at radius 1 is 1.40 bits per heavy atom. The zero-order valence-electron chi connectivity index (χ0n) is 12.6.